The first-order valence-corrected chi connectivity index (χ1v) is 10.5. The number of hydrogen-bond donors (Lipinski definition) is 1. The summed E-state index contributed by atoms with van der Waals surface area (Å²) in [6.07, 6.45) is 0. The second-order valence-electron chi connectivity index (χ2n) is 6.24. The third kappa shape index (κ3) is 5.20. The van der Waals surface area contributed by atoms with Crippen LogP contribution in [0.3, 0.4) is 0 Å². The van der Waals surface area contributed by atoms with Gasteiger partial charge >= 0.3 is 11.9 Å². The van der Waals surface area contributed by atoms with Gasteiger partial charge in [0.2, 0.25) is 0 Å². The third-order valence-electron chi connectivity index (χ3n) is 4.20. The average Bonchev–Trinajstić information content (AvgIpc) is 2.78. The highest BCUT2D eigenvalue weighted by atomic mass is 32.2. The fraction of sp³-hybridized carbons (Fsp3) is 0.0909. The van der Waals surface area contributed by atoms with Gasteiger partial charge in [0, 0.05) is 0 Å². The fourth-order valence-corrected chi connectivity index (χ4v) is 3.75. The molecule has 160 valence electrons. The summed E-state index contributed by atoms with van der Waals surface area (Å²) < 4.78 is 43.1. The normalized spacial score (nSPS) is 10.8. The summed E-state index contributed by atoms with van der Waals surface area (Å²) in [4.78, 5) is 23.8. The molecule has 0 aliphatic carbocycles. The van der Waals surface area contributed by atoms with E-state index >= 15 is 0 Å². The number of ether oxygens (including phenoxy) is 3. The van der Waals surface area contributed by atoms with Crippen LogP contribution in [0.2, 0.25) is 0 Å². The molecule has 3 aromatic carbocycles. The molecule has 0 amide bonds. The van der Waals surface area contributed by atoms with Gasteiger partial charge in [0.25, 0.3) is 10.0 Å². The van der Waals surface area contributed by atoms with Crippen molar-refractivity contribution in [3.8, 4) is 11.5 Å². The van der Waals surface area contributed by atoms with Gasteiger partial charge in [-0.3, -0.25) is 4.72 Å². The summed E-state index contributed by atoms with van der Waals surface area (Å²) in [6.45, 7) is 0. The number of hydrogen-bond acceptors (Lipinski definition) is 7. The Bertz CT molecular complexity index is 1190. The van der Waals surface area contributed by atoms with E-state index in [0.29, 0.717) is 11.5 Å². The number of carbonyl (C=O) groups is 2. The number of sulfonamides is 1. The maximum Gasteiger partial charge on any atom is 0.339 e. The molecule has 8 nitrogen and oxygen atoms in total. The zero-order valence-corrected chi connectivity index (χ0v) is 17.5. The van der Waals surface area contributed by atoms with Crippen LogP contribution in [-0.4, -0.2) is 34.6 Å². The summed E-state index contributed by atoms with van der Waals surface area (Å²) >= 11 is 0. The lowest BCUT2D eigenvalue weighted by molar-refractivity contribution is 0.0587. The fourth-order valence-electron chi connectivity index (χ4n) is 2.68. The van der Waals surface area contributed by atoms with Crippen molar-refractivity contribution in [2.75, 3.05) is 18.9 Å². The van der Waals surface area contributed by atoms with Gasteiger partial charge in [-0.1, -0.05) is 18.2 Å². The van der Waals surface area contributed by atoms with Gasteiger partial charge in [0.1, 0.15) is 11.5 Å². The molecule has 0 saturated heterocycles. The number of benzene rings is 3. The summed E-state index contributed by atoms with van der Waals surface area (Å²) in [5.41, 5.74) is -0.0958. The molecule has 3 rings (SSSR count). The Morgan fingerprint density at radius 2 is 1.39 bits per heavy atom. The van der Waals surface area contributed by atoms with Crippen LogP contribution < -0.4 is 9.46 Å². The van der Waals surface area contributed by atoms with Crippen molar-refractivity contribution in [1.82, 2.24) is 0 Å². The first kappa shape index (κ1) is 21.8. The summed E-state index contributed by atoms with van der Waals surface area (Å²) in [6, 6.07) is 18.6. The second-order valence-corrected chi connectivity index (χ2v) is 7.92. The molecule has 0 aliphatic rings. The standard InChI is InChI=1S/C22H19NO7S/c1-28-21(24)15-8-13-19(22(25)29-2)20(14-15)23-31(26,27)18-11-9-17(10-12-18)30-16-6-4-3-5-7-16/h3-14,23H,1-2H3. The highest BCUT2D eigenvalue weighted by molar-refractivity contribution is 7.92. The minimum atomic E-state index is -4.08. The van der Waals surface area contributed by atoms with Crippen LogP contribution in [0.15, 0.2) is 77.7 Å². The van der Waals surface area contributed by atoms with Crippen molar-refractivity contribution in [2.24, 2.45) is 0 Å². The quantitative estimate of drug-likeness (QED) is 0.555. The van der Waals surface area contributed by atoms with Gasteiger partial charge < -0.3 is 14.2 Å². The van der Waals surface area contributed by atoms with Crippen molar-refractivity contribution >= 4 is 27.6 Å². The lowest BCUT2D eigenvalue weighted by atomic mass is 10.1. The maximum absolute atomic E-state index is 12.9. The molecular weight excluding hydrogens is 422 g/mol. The van der Waals surface area contributed by atoms with Crippen LogP contribution in [0.1, 0.15) is 20.7 Å². The number of methoxy groups -OCH3 is 2. The van der Waals surface area contributed by atoms with E-state index in [0.717, 1.165) is 0 Å². The predicted octanol–water partition coefficient (Wildman–Crippen LogP) is 3.85. The largest absolute Gasteiger partial charge is 0.465 e. The number of rotatable bonds is 7. The molecule has 0 radical (unpaired) electrons. The minimum Gasteiger partial charge on any atom is -0.465 e. The van der Waals surface area contributed by atoms with Crippen LogP contribution >= 0.6 is 0 Å². The predicted molar refractivity (Wildman–Crippen MR) is 113 cm³/mol. The molecule has 0 spiro atoms. The van der Waals surface area contributed by atoms with Crippen molar-refractivity contribution < 1.29 is 32.2 Å². The van der Waals surface area contributed by atoms with Crippen LogP contribution in [0, 0.1) is 0 Å². The summed E-state index contributed by atoms with van der Waals surface area (Å²) in [5.74, 6) is -0.383. The maximum atomic E-state index is 12.9. The number of nitrogens with one attached hydrogen (secondary N) is 1. The van der Waals surface area contributed by atoms with E-state index in [-0.39, 0.29) is 21.7 Å². The SMILES string of the molecule is COC(=O)c1ccc(C(=O)OC)c(NS(=O)(=O)c2ccc(Oc3ccccc3)cc2)c1. The van der Waals surface area contributed by atoms with Gasteiger partial charge in [-0.15, -0.1) is 0 Å². The zero-order valence-electron chi connectivity index (χ0n) is 16.7. The molecule has 0 aromatic heterocycles. The number of para-hydroxylation sites is 1. The zero-order chi connectivity index (χ0) is 22.4. The Hall–Kier alpha value is -3.85. The molecule has 0 heterocycles. The molecule has 0 fully saturated rings. The Morgan fingerprint density at radius 1 is 0.774 bits per heavy atom. The van der Waals surface area contributed by atoms with E-state index in [1.54, 1.807) is 12.1 Å². The Kier molecular flexibility index (Phi) is 6.56. The van der Waals surface area contributed by atoms with Crippen molar-refractivity contribution in [2.45, 2.75) is 4.90 Å². The van der Waals surface area contributed by atoms with Crippen LogP contribution in [0.5, 0.6) is 11.5 Å². The Balaban J connectivity index is 1.88. The summed E-state index contributed by atoms with van der Waals surface area (Å²) in [5, 5.41) is 0. The number of esters is 2. The van der Waals surface area contributed by atoms with E-state index in [2.05, 4.69) is 14.2 Å². The van der Waals surface area contributed by atoms with Crippen molar-refractivity contribution in [3.63, 3.8) is 0 Å². The molecule has 31 heavy (non-hydrogen) atoms. The lowest BCUT2D eigenvalue weighted by Gasteiger charge is -2.13. The van der Waals surface area contributed by atoms with E-state index in [1.807, 2.05) is 18.2 Å². The molecule has 0 aliphatic heterocycles. The Labute approximate surface area is 179 Å². The molecular formula is C22H19NO7S. The molecule has 3 aromatic rings. The average molecular weight is 441 g/mol. The third-order valence-corrected chi connectivity index (χ3v) is 5.58. The summed E-state index contributed by atoms with van der Waals surface area (Å²) in [7, 11) is -1.72. The van der Waals surface area contributed by atoms with E-state index < -0.39 is 22.0 Å². The van der Waals surface area contributed by atoms with E-state index in [1.165, 1.54) is 56.7 Å². The molecule has 0 atom stereocenters. The van der Waals surface area contributed by atoms with Crippen LogP contribution in [-0.2, 0) is 19.5 Å². The van der Waals surface area contributed by atoms with Gasteiger partial charge in [0.05, 0.1) is 35.9 Å². The Morgan fingerprint density at radius 3 is 2.00 bits per heavy atom. The highest BCUT2D eigenvalue weighted by Crippen LogP contribution is 2.26. The number of anilines is 1. The second kappa shape index (κ2) is 9.31. The first-order valence-electron chi connectivity index (χ1n) is 9.00. The highest BCUT2D eigenvalue weighted by Gasteiger charge is 2.21. The number of carbonyl (C=O) groups excluding carboxylic acids is 2. The lowest BCUT2D eigenvalue weighted by Crippen LogP contribution is -2.17. The molecule has 0 bridgehead atoms. The topological polar surface area (TPSA) is 108 Å². The molecule has 1 N–H and O–H groups in total. The van der Waals surface area contributed by atoms with Crippen molar-refractivity contribution in [1.29, 1.82) is 0 Å². The van der Waals surface area contributed by atoms with Gasteiger partial charge in [-0.25, -0.2) is 18.0 Å². The van der Waals surface area contributed by atoms with Gasteiger partial charge in [-0.2, -0.15) is 0 Å². The van der Waals surface area contributed by atoms with Crippen LogP contribution in [0.25, 0.3) is 0 Å². The van der Waals surface area contributed by atoms with E-state index in [4.69, 9.17) is 4.74 Å². The minimum absolute atomic E-state index is 0.0530. The molecule has 9 heteroatoms. The molecule has 0 unspecified atom stereocenters. The van der Waals surface area contributed by atoms with Crippen molar-refractivity contribution in [3.05, 3.63) is 83.9 Å². The van der Waals surface area contributed by atoms with E-state index in [9.17, 15) is 18.0 Å². The van der Waals surface area contributed by atoms with Gasteiger partial charge in [-0.05, 0) is 54.6 Å². The first-order chi connectivity index (χ1) is 14.8. The van der Waals surface area contributed by atoms with Crippen LogP contribution in [0.4, 0.5) is 5.69 Å². The monoisotopic (exact) mass is 441 g/mol. The smallest absolute Gasteiger partial charge is 0.339 e. The molecule has 0 saturated carbocycles. The van der Waals surface area contributed by atoms with Gasteiger partial charge in [0.15, 0.2) is 0 Å².